The molecule has 3 atom stereocenters. The van der Waals surface area contributed by atoms with Crippen molar-refractivity contribution in [2.45, 2.75) is 78.9 Å². The van der Waals surface area contributed by atoms with E-state index < -0.39 is 5.72 Å². The lowest BCUT2D eigenvalue weighted by atomic mass is 9.73. The second-order valence-electron chi connectivity index (χ2n) is 9.67. The van der Waals surface area contributed by atoms with Gasteiger partial charge in [0.15, 0.2) is 28.7 Å². The van der Waals surface area contributed by atoms with E-state index in [1.54, 1.807) is 13.2 Å². The number of phenols is 1. The Labute approximate surface area is 211 Å². The summed E-state index contributed by atoms with van der Waals surface area (Å²) in [6.45, 7) is 15.1. The number of nitrogens with zero attached hydrogens (tertiary/aromatic N) is 1. The van der Waals surface area contributed by atoms with Crippen LogP contribution < -0.4 is 18.9 Å². The van der Waals surface area contributed by atoms with E-state index in [0.717, 1.165) is 35.7 Å². The molecule has 6 heteroatoms. The molecule has 1 saturated heterocycles. The average molecular weight is 486 g/mol. The van der Waals surface area contributed by atoms with Crippen molar-refractivity contribution < 1.29 is 24.1 Å². The molecule has 3 unspecified atom stereocenters. The van der Waals surface area contributed by atoms with Crippen molar-refractivity contribution in [2.24, 2.45) is 5.92 Å². The van der Waals surface area contributed by atoms with Gasteiger partial charge in [-0.25, -0.2) is 0 Å². The fourth-order valence-electron chi connectivity index (χ4n) is 5.07. The highest BCUT2D eigenvalue weighted by Gasteiger charge is 2.50. The van der Waals surface area contributed by atoms with Crippen molar-refractivity contribution in [3.8, 4) is 28.7 Å². The number of hydrogen-bond donors (Lipinski definition) is 1. The SMILES string of the molecule is CCC.CCC.COc1cccc(C2c3cc4c(cc3OC(C)(N3CCCC3)C2C)OCO4)c1O. The maximum absolute atomic E-state index is 11.0. The molecule has 0 saturated carbocycles. The molecule has 5 rings (SSSR count). The Kier molecular flexibility index (Phi) is 9.17. The summed E-state index contributed by atoms with van der Waals surface area (Å²) < 4.78 is 23.3. The van der Waals surface area contributed by atoms with E-state index in [-0.39, 0.29) is 24.4 Å². The maximum Gasteiger partial charge on any atom is 0.231 e. The molecule has 0 radical (unpaired) electrons. The molecule has 35 heavy (non-hydrogen) atoms. The Balaban J connectivity index is 0.000000520. The first-order valence-electron chi connectivity index (χ1n) is 13.1. The zero-order valence-electron chi connectivity index (χ0n) is 22.5. The van der Waals surface area contributed by atoms with E-state index in [1.807, 2.05) is 24.3 Å². The number of aromatic hydroxyl groups is 1. The van der Waals surface area contributed by atoms with E-state index in [2.05, 4.69) is 46.4 Å². The van der Waals surface area contributed by atoms with Gasteiger partial charge in [-0.3, -0.25) is 4.90 Å². The van der Waals surface area contributed by atoms with Gasteiger partial charge < -0.3 is 24.1 Å². The standard InChI is InChI=1S/C23H27NO5.2C3H8/c1-14-21(15-7-6-8-17(26-3)22(15)25)16-11-19-20(28-13-27-19)12-18(16)29-23(14,2)24-9-4-5-10-24;2*1-3-2/h6-8,11-12,14,21,25H,4-5,9-10,13H2,1-3H3;2*3H2,1-2H3. The van der Waals surface area contributed by atoms with Gasteiger partial charge in [0.05, 0.1) is 7.11 Å². The smallest absolute Gasteiger partial charge is 0.231 e. The molecule has 2 aromatic carbocycles. The van der Waals surface area contributed by atoms with E-state index in [0.29, 0.717) is 11.5 Å². The van der Waals surface area contributed by atoms with Crippen LogP contribution in [0.5, 0.6) is 28.7 Å². The maximum atomic E-state index is 11.0. The summed E-state index contributed by atoms with van der Waals surface area (Å²) in [5.41, 5.74) is 1.35. The number of hydrogen-bond acceptors (Lipinski definition) is 6. The monoisotopic (exact) mass is 485 g/mol. The molecule has 0 aliphatic carbocycles. The topological polar surface area (TPSA) is 60.4 Å². The van der Waals surface area contributed by atoms with E-state index >= 15 is 0 Å². The quantitative estimate of drug-likeness (QED) is 0.508. The van der Waals surface area contributed by atoms with Gasteiger partial charge in [0.25, 0.3) is 0 Å². The van der Waals surface area contributed by atoms with Crippen LogP contribution in [0.2, 0.25) is 0 Å². The van der Waals surface area contributed by atoms with Gasteiger partial charge in [0.2, 0.25) is 6.79 Å². The van der Waals surface area contributed by atoms with Crippen molar-refractivity contribution in [2.75, 3.05) is 27.0 Å². The van der Waals surface area contributed by atoms with Gasteiger partial charge in [-0.05, 0) is 31.9 Å². The third-order valence-corrected chi connectivity index (χ3v) is 6.82. The summed E-state index contributed by atoms with van der Waals surface area (Å²) in [5, 5.41) is 11.0. The Hall–Kier alpha value is -2.60. The summed E-state index contributed by atoms with van der Waals surface area (Å²) in [5.74, 6) is 2.88. The summed E-state index contributed by atoms with van der Waals surface area (Å²) >= 11 is 0. The number of methoxy groups -OCH3 is 1. The Morgan fingerprint density at radius 2 is 1.57 bits per heavy atom. The molecule has 1 N–H and O–H groups in total. The first-order valence-corrected chi connectivity index (χ1v) is 13.1. The van der Waals surface area contributed by atoms with Crippen LogP contribution >= 0.6 is 0 Å². The number of ether oxygens (including phenoxy) is 4. The van der Waals surface area contributed by atoms with Gasteiger partial charge in [0.1, 0.15) is 5.75 Å². The molecule has 6 nitrogen and oxygen atoms in total. The van der Waals surface area contributed by atoms with Crippen LogP contribution in [0.4, 0.5) is 0 Å². The van der Waals surface area contributed by atoms with Crippen molar-refractivity contribution in [1.29, 1.82) is 0 Å². The van der Waals surface area contributed by atoms with Crippen LogP contribution in [0.3, 0.4) is 0 Å². The highest BCUT2D eigenvalue weighted by molar-refractivity contribution is 5.59. The van der Waals surface area contributed by atoms with Crippen molar-refractivity contribution in [1.82, 2.24) is 4.90 Å². The average Bonchev–Trinajstić information content (AvgIpc) is 3.53. The lowest BCUT2D eigenvalue weighted by Crippen LogP contribution is -2.57. The van der Waals surface area contributed by atoms with Crippen LogP contribution in [-0.2, 0) is 0 Å². The van der Waals surface area contributed by atoms with E-state index in [1.165, 1.54) is 25.7 Å². The molecule has 2 aromatic rings. The molecule has 1 fully saturated rings. The molecule has 0 bridgehead atoms. The zero-order chi connectivity index (χ0) is 25.6. The van der Waals surface area contributed by atoms with E-state index in [9.17, 15) is 5.11 Å². The molecule has 194 valence electrons. The van der Waals surface area contributed by atoms with Gasteiger partial charge >= 0.3 is 0 Å². The molecule has 3 heterocycles. The minimum Gasteiger partial charge on any atom is -0.504 e. The highest BCUT2D eigenvalue weighted by Crippen LogP contribution is 2.55. The predicted molar refractivity (Wildman–Crippen MR) is 140 cm³/mol. The van der Waals surface area contributed by atoms with Crippen LogP contribution in [0, 0.1) is 5.92 Å². The number of fused-ring (bicyclic) bond motifs is 2. The van der Waals surface area contributed by atoms with Gasteiger partial charge in [-0.2, -0.15) is 0 Å². The van der Waals surface area contributed by atoms with Gasteiger partial charge in [-0.15, -0.1) is 0 Å². The Bertz CT molecular complexity index is 970. The lowest BCUT2D eigenvalue weighted by Gasteiger charge is -2.50. The van der Waals surface area contributed by atoms with Crippen LogP contribution in [0.25, 0.3) is 0 Å². The normalized spacial score (nSPS) is 24.3. The third-order valence-electron chi connectivity index (χ3n) is 6.82. The molecular weight excluding hydrogens is 442 g/mol. The lowest BCUT2D eigenvalue weighted by molar-refractivity contribution is -0.114. The predicted octanol–water partition coefficient (Wildman–Crippen LogP) is 6.93. The molecule has 0 amide bonds. The van der Waals surface area contributed by atoms with E-state index in [4.69, 9.17) is 18.9 Å². The summed E-state index contributed by atoms with van der Waals surface area (Å²) in [7, 11) is 1.58. The minimum atomic E-state index is -0.489. The Morgan fingerprint density at radius 1 is 0.971 bits per heavy atom. The fourth-order valence-corrected chi connectivity index (χ4v) is 5.07. The van der Waals surface area contributed by atoms with Crippen LogP contribution in [0.1, 0.15) is 84.3 Å². The first kappa shape index (κ1) is 27.0. The number of benzene rings is 2. The number of rotatable bonds is 3. The number of likely N-dealkylation sites (tertiary alicyclic amines) is 1. The molecule has 3 aliphatic heterocycles. The van der Waals surface area contributed by atoms with Gasteiger partial charge in [0, 0.05) is 42.1 Å². The molecule has 0 aromatic heterocycles. The fraction of sp³-hybridized carbons (Fsp3) is 0.586. The second kappa shape index (κ2) is 11.9. The molecule has 3 aliphatic rings. The zero-order valence-corrected chi connectivity index (χ0v) is 22.5. The minimum absolute atomic E-state index is 0.0750. The summed E-state index contributed by atoms with van der Waals surface area (Å²) in [4.78, 5) is 2.43. The van der Waals surface area contributed by atoms with Crippen molar-refractivity contribution in [3.63, 3.8) is 0 Å². The number of para-hydroxylation sites is 1. The van der Waals surface area contributed by atoms with Crippen LogP contribution in [0.15, 0.2) is 30.3 Å². The third kappa shape index (κ3) is 5.32. The number of phenolic OH excluding ortho intramolecular Hbond substituents is 1. The summed E-state index contributed by atoms with van der Waals surface area (Å²) in [6, 6.07) is 9.62. The van der Waals surface area contributed by atoms with Crippen molar-refractivity contribution >= 4 is 0 Å². The van der Waals surface area contributed by atoms with Crippen LogP contribution in [-0.4, -0.2) is 42.7 Å². The highest BCUT2D eigenvalue weighted by atomic mass is 16.7. The Morgan fingerprint density at radius 3 is 2.17 bits per heavy atom. The summed E-state index contributed by atoms with van der Waals surface area (Å²) in [6.07, 6.45) is 4.85. The van der Waals surface area contributed by atoms with Crippen molar-refractivity contribution in [3.05, 3.63) is 41.5 Å². The second-order valence-corrected chi connectivity index (χ2v) is 9.67. The molecule has 0 spiro atoms. The largest absolute Gasteiger partial charge is 0.504 e. The van der Waals surface area contributed by atoms with Gasteiger partial charge in [-0.1, -0.05) is 59.6 Å². The molecular formula is C29H43NO5. The first-order chi connectivity index (χ1) is 16.9.